The predicted octanol–water partition coefficient (Wildman–Crippen LogP) is 2.00. The van der Waals surface area contributed by atoms with Gasteiger partial charge >= 0.3 is 5.97 Å². The molecule has 0 radical (unpaired) electrons. The third-order valence-electron chi connectivity index (χ3n) is 6.34. The van der Waals surface area contributed by atoms with Gasteiger partial charge in [0, 0.05) is 26.1 Å². The van der Waals surface area contributed by atoms with E-state index in [4.69, 9.17) is 14.7 Å². The monoisotopic (exact) mass is 421 g/mol. The minimum Gasteiger partial charge on any atom is -0.475 e. The fraction of sp³-hybridized carbons (Fsp3) is 0.429. The first-order valence-corrected chi connectivity index (χ1v) is 10.5. The number of nitrogens with one attached hydrogen (secondary N) is 2. The van der Waals surface area contributed by atoms with Crippen molar-refractivity contribution in [2.45, 2.75) is 18.5 Å². The topological polar surface area (TPSA) is 117 Å². The average molecular weight is 421 g/mol. The number of carboxylic acid groups (broad SMARTS) is 1. The van der Waals surface area contributed by atoms with Gasteiger partial charge in [-0.15, -0.1) is 0 Å². The quantitative estimate of drug-likeness (QED) is 0.581. The maximum Gasteiger partial charge on any atom is 0.372 e. The number of para-hydroxylation sites is 2. The van der Waals surface area contributed by atoms with E-state index in [0.29, 0.717) is 55.0 Å². The molecule has 2 aromatic heterocycles. The molecular weight excluding hydrogens is 398 g/mol. The first-order valence-electron chi connectivity index (χ1n) is 10.5. The first kappa shape index (κ1) is 18.4. The van der Waals surface area contributed by atoms with Crippen LogP contribution in [0.5, 0.6) is 0 Å². The number of morpholine rings is 1. The number of hydrogen-bond acceptors (Lipinski definition) is 8. The molecule has 3 N–H and O–H groups in total. The van der Waals surface area contributed by atoms with E-state index < -0.39 is 11.6 Å². The Morgan fingerprint density at radius 3 is 2.42 bits per heavy atom. The van der Waals surface area contributed by atoms with Crippen LogP contribution in [0.2, 0.25) is 0 Å². The zero-order valence-electron chi connectivity index (χ0n) is 17.1. The zero-order valence-corrected chi connectivity index (χ0v) is 17.1. The number of benzene rings is 1. The Kier molecular flexibility index (Phi) is 3.88. The molecule has 1 saturated carbocycles. The van der Waals surface area contributed by atoms with Gasteiger partial charge < -0.3 is 29.9 Å². The van der Waals surface area contributed by atoms with Gasteiger partial charge in [0.05, 0.1) is 24.6 Å². The molecule has 4 heterocycles. The smallest absolute Gasteiger partial charge is 0.372 e. The predicted molar refractivity (Wildman–Crippen MR) is 114 cm³/mol. The number of aromatic carboxylic acids is 1. The number of imidazole rings is 1. The summed E-state index contributed by atoms with van der Waals surface area (Å²) in [5.41, 5.74) is 2.42. The Morgan fingerprint density at radius 1 is 1.13 bits per heavy atom. The summed E-state index contributed by atoms with van der Waals surface area (Å²) in [6.07, 6.45) is 2.13. The van der Waals surface area contributed by atoms with Gasteiger partial charge in [-0.3, -0.25) is 0 Å². The van der Waals surface area contributed by atoms with Crippen LogP contribution in [-0.4, -0.2) is 56.9 Å². The molecule has 1 aromatic carbocycles. The van der Waals surface area contributed by atoms with E-state index in [1.54, 1.807) is 7.05 Å². The molecule has 0 amide bonds. The molecular formula is C21H23N7O3. The Labute approximate surface area is 178 Å². The van der Waals surface area contributed by atoms with Crippen LogP contribution in [0, 0.1) is 5.92 Å². The molecule has 0 atom stereocenters. The van der Waals surface area contributed by atoms with E-state index in [1.165, 1.54) is 4.57 Å². The molecule has 10 nitrogen and oxygen atoms in total. The third-order valence-corrected chi connectivity index (χ3v) is 6.34. The second kappa shape index (κ2) is 6.55. The number of aryl methyl sites for hydroxylation is 1. The average Bonchev–Trinajstić information content (AvgIpc) is 3.49. The Bertz CT molecular complexity index is 1170. The summed E-state index contributed by atoms with van der Waals surface area (Å²) in [5, 5.41) is 16.9. The Morgan fingerprint density at radius 2 is 1.81 bits per heavy atom. The van der Waals surface area contributed by atoms with Gasteiger partial charge in [-0.05, 0) is 25.0 Å². The van der Waals surface area contributed by atoms with Crippen molar-refractivity contribution in [3.63, 3.8) is 0 Å². The zero-order chi connectivity index (χ0) is 21.2. The second-order valence-electron chi connectivity index (χ2n) is 8.32. The Hall–Kier alpha value is -3.40. The highest BCUT2D eigenvalue weighted by Gasteiger charge is 2.53. The number of aromatic nitrogens is 4. The van der Waals surface area contributed by atoms with Gasteiger partial charge in [0.15, 0.2) is 28.5 Å². The fourth-order valence-corrected chi connectivity index (χ4v) is 4.58. The number of rotatable bonds is 4. The van der Waals surface area contributed by atoms with E-state index in [9.17, 15) is 9.90 Å². The summed E-state index contributed by atoms with van der Waals surface area (Å²) in [7, 11) is 1.69. The number of fused-ring (bicyclic) bond motifs is 2. The second-order valence-corrected chi connectivity index (χ2v) is 8.32. The molecule has 3 aromatic rings. The van der Waals surface area contributed by atoms with Crippen molar-refractivity contribution >= 4 is 34.3 Å². The summed E-state index contributed by atoms with van der Waals surface area (Å²) < 4.78 is 7.05. The number of anilines is 3. The van der Waals surface area contributed by atoms with E-state index in [2.05, 4.69) is 20.5 Å². The van der Waals surface area contributed by atoms with Crippen molar-refractivity contribution in [2.24, 2.45) is 13.0 Å². The van der Waals surface area contributed by atoms with E-state index in [-0.39, 0.29) is 5.82 Å². The van der Waals surface area contributed by atoms with Gasteiger partial charge in [-0.1, -0.05) is 12.1 Å². The summed E-state index contributed by atoms with van der Waals surface area (Å²) >= 11 is 0. The largest absolute Gasteiger partial charge is 0.475 e. The van der Waals surface area contributed by atoms with Gasteiger partial charge in [0.2, 0.25) is 5.82 Å². The lowest BCUT2D eigenvalue weighted by atomic mass is 10.0. The third kappa shape index (κ3) is 2.74. The standard InChI is InChI=1S/C21H23N7O3/c1-27-16-15(22-18(27)19(29)30)17(28-8-10-31-11-9-28)24-20(23-16)21(12-6-7-12)25-13-4-2-3-5-14(13)26-21/h2-5,12,25-26H,6-11H2,1H3,(H,29,30). The molecule has 10 heteroatoms. The van der Waals surface area contributed by atoms with Crippen LogP contribution in [-0.2, 0) is 17.4 Å². The molecule has 3 aliphatic rings. The van der Waals surface area contributed by atoms with Crippen LogP contribution in [0.15, 0.2) is 24.3 Å². The van der Waals surface area contributed by atoms with Crippen molar-refractivity contribution in [1.29, 1.82) is 0 Å². The SMILES string of the molecule is Cn1c(C(=O)O)nc2c(N3CCOCC3)nc(C3(C4CC4)Nc4ccccc4N3)nc21. The molecule has 0 spiro atoms. The molecule has 2 aliphatic heterocycles. The maximum absolute atomic E-state index is 11.8. The van der Waals surface area contributed by atoms with Gasteiger partial charge in [0.25, 0.3) is 0 Å². The number of hydrogen-bond donors (Lipinski definition) is 3. The lowest BCUT2D eigenvalue weighted by molar-refractivity contribution is 0.0680. The molecule has 160 valence electrons. The molecule has 1 aliphatic carbocycles. The normalized spacial score (nSPS) is 19.7. The van der Waals surface area contributed by atoms with E-state index in [1.807, 2.05) is 24.3 Å². The van der Waals surface area contributed by atoms with Crippen LogP contribution in [0.3, 0.4) is 0 Å². The first-order chi connectivity index (χ1) is 15.1. The van der Waals surface area contributed by atoms with Gasteiger partial charge in [-0.2, -0.15) is 0 Å². The number of carbonyl (C=O) groups is 1. The highest BCUT2D eigenvalue weighted by Crippen LogP contribution is 2.52. The molecule has 2 fully saturated rings. The van der Waals surface area contributed by atoms with Crippen LogP contribution in [0.25, 0.3) is 11.2 Å². The molecule has 0 bridgehead atoms. The van der Waals surface area contributed by atoms with Gasteiger partial charge in [0.1, 0.15) is 0 Å². The van der Waals surface area contributed by atoms with Crippen molar-refractivity contribution in [1.82, 2.24) is 19.5 Å². The molecule has 0 unspecified atom stereocenters. The van der Waals surface area contributed by atoms with E-state index in [0.717, 1.165) is 24.2 Å². The summed E-state index contributed by atoms with van der Waals surface area (Å²) in [6, 6.07) is 8.08. The highest BCUT2D eigenvalue weighted by atomic mass is 16.5. The Balaban J connectivity index is 1.56. The van der Waals surface area contributed by atoms with Crippen LogP contribution >= 0.6 is 0 Å². The van der Waals surface area contributed by atoms with Gasteiger partial charge in [-0.25, -0.2) is 19.7 Å². The van der Waals surface area contributed by atoms with Crippen LogP contribution in [0.4, 0.5) is 17.2 Å². The minimum absolute atomic E-state index is 0.0490. The van der Waals surface area contributed by atoms with Crippen LogP contribution < -0.4 is 15.5 Å². The molecule has 31 heavy (non-hydrogen) atoms. The van der Waals surface area contributed by atoms with Crippen molar-refractivity contribution in [2.75, 3.05) is 41.8 Å². The van der Waals surface area contributed by atoms with Crippen molar-refractivity contribution in [3.8, 4) is 0 Å². The fourth-order valence-electron chi connectivity index (χ4n) is 4.58. The lowest BCUT2D eigenvalue weighted by Gasteiger charge is -2.32. The van der Waals surface area contributed by atoms with Crippen molar-refractivity contribution < 1.29 is 14.6 Å². The summed E-state index contributed by atoms with van der Waals surface area (Å²) in [5.74, 6) is 0.469. The summed E-state index contributed by atoms with van der Waals surface area (Å²) in [6.45, 7) is 2.52. The highest BCUT2D eigenvalue weighted by molar-refractivity contribution is 5.92. The molecule has 1 saturated heterocycles. The minimum atomic E-state index is -1.09. The number of carboxylic acids is 1. The lowest BCUT2D eigenvalue weighted by Crippen LogP contribution is -2.44. The summed E-state index contributed by atoms with van der Waals surface area (Å²) in [4.78, 5) is 28.1. The van der Waals surface area contributed by atoms with Crippen molar-refractivity contribution in [3.05, 3.63) is 35.9 Å². The van der Waals surface area contributed by atoms with E-state index >= 15 is 0 Å². The van der Waals surface area contributed by atoms with Crippen LogP contribution in [0.1, 0.15) is 29.3 Å². The number of nitrogens with zero attached hydrogens (tertiary/aromatic N) is 5. The number of ether oxygens (including phenoxy) is 1. The molecule has 6 rings (SSSR count). The maximum atomic E-state index is 11.8.